The number of nitro groups is 1. The van der Waals surface area contributed by atoms with Crippen LogP contribution in [-0.4, -0.2) is 26.1 Å². The first kappa shape index (κ1) is 21.5. The summed E-state index contributed by atoms with van der Waals surface area (Å²) in [4.78, 5) is 40.9. The van der Waals surface area contributed by atoms with Crippen molar-refractivity contribution in [3.8, 4) is 5.69 Å². The maximum absolute atomic E-state index is 13.2. The summed E-state index contributed by atoms with van der Waals surface area (Å²) in [5.41, 5.74) is 0.615. The van der Waals surface area contributed by atoms with Crippen LogP contribution < -0.4 is 10.9 Å². The number of halogens is 1. The smallest absolute Gasteiger partial charge is 0.294 e. The third kappa shape index (κ3) is 4.48. The number of nitrogens with one attached hydrogen (secondary N) is 1. The zero-order chi connectivity index (χ0) is 22.7. The van der Waals surface area contributed by atoms with Crippen LogP contribution in [0.4, 0.5) is 11.4 Å². The monoisotopic (exact) mass is 466 g/mol. The number of thioether (sulfide) groups is 1. The molecule has 10 heteroatoms. The topological polar surface area (TPSA) is 107 Å². The Bertz CT molecular complexity index is 1390. The highest BCUT2D eigenvalue weighted by molar-refractivity contribution is 7.99. The van der Waals surface area contributed by atoms with Crippen molar-refractivity contribution in [1.29, 1.82) is 0 Å². The number of carbonyl (C=O) groups excluding carboxylic acids is 1. The molecule has 1 amide bonds. The van der Waals surface area contributed by atoms with Crippen LogP contribution in [0, 0.1) is 10.1 Å². The standard InChI is InChI=1S/C22H15ClN4O4S/c23-14-10-11-18(19(12-14)27(30)31)24-20(28)13-32-22-25-17-9-5-4-8-16(17)21(29)26(22)15-6-2-1-3-7-15/h1-12H,13H2,(H,24,28). The molecule has 0 saturated carbocycles. The summed E-state index contributed by atoms with van der Waals surface area (Å²) in [7, 11) is 0. The lowest BCUT2D eigenvalue weighted by atomic mass is 10.2. The molecule has 0 aliphatic rings. The van der Waals surface area contributed by atoms with E-state index in [-0.39, 0.29) is 27.7 Å². The SMILES string of the molecule is O=C(CSc1nc2ccccc2c(=O)n1-c1ccccc1)Nc1ccc(Cl)cc1[N+](=O)[O-]. The van der Waals surface area contributed by atoms with Crippen molar-refractivity contribution in [3.05, 3.63) is 98.3 Å². The molecule has 1 N–H and O–H groups in total. The van der Waals surface area contributed by atoms with Gasteiger partial charge in [-0.25, -0.2) is 4.98 Å². The van der Waals surface area contributed by atoms with E-state index in [1.165, 1.54) is 22.8 Å². The van der Waals surface area contributed by atoms with Gasteiger partial charge in [0.1, 0.15) is 5.69 Å². The molecule has 0 unspecified atom stereocenters. The largest absolute Gasteiger partial charge is 0.320 e. The van der Waals surface area contributed by atoms with E-state index in [1.807, 2.05) is 6.07 Å². The van der Waals surface area contributed by atoms with Crippen LogP contribution in [-0.2, 0) is 4.79 Å². The quantitative estimate of drug-likeness (QED) is 0.191. The number of aromatic nitrogens is 2. The Morgan fingerprint density at radius 3 is 2.56 bits per heavy atom. The molecule has 0 bridgehead atoms. The molecule has 32 heavy (non-hydrogen) atoms. The van der Waals surface area contributed by atoms with E-state index < -0.39 is 10.8 Å². The fourth-order valence-electron chi connectivity index (χ4n) is 3.09. The number of para-hydroxylation sites is 2. The zero-order valence-corrected chi connectivity index (χ0v) is 18.0. The van der Waals surface area contributed by atoms with E-state index >= 15 is 0 Å². The molecule has 0 fully saturated rings. The molecular weight excluding hydrogens is 452 g/mol. The molecule has 4 aromatic rings. The molecule has 4 rings (SSSR count). The van der Waals surface area contributed by atoms with Gasteiger partial charge < -0.3 is 5.32 Å². The van der Waals surface area contributed by atoms with Crippen molar-refractivity contribution in [2.45, 2.75) is 5.16 Å². The summed E-state index contributed by atoms with van der Waals surface area (Å²) in [5.74, 6) is -0.598. The van der Waals surface area contributed by atoms with Crippen molar-refractivity contribution in [3.63, 3.8) is 0 Å². The predicted molar refractivity (Wildman–Crippen MR) is 125 cm³/mol. The summed E-state index contributed by atoms with van der Waals surface area (Å²) in [6, 6.07) is 20.0. The Labute approximate surface area is 191 Å². The van der Waals surface area contributed by atoms with E-state index in [9.17, 15) is 19.7 Å². The first-order valence-corrected chi connectivity index (χ1v) is 10.7. The summed E-state index contributed by atoms with van der Waals surface area (Å²) < 4.78 is 1.45. The van der Waals surface area contributed by atoms with Crippen molar-refractivity contribution in [2.75, 3.05) is 11.1 Å². The van der Waals surface area contributed by atoms with Gasteiger partial charge in [0.05, 0.1) is 27.3 Å². The number of amides is 1. The Morgan fingerprint density at radius 2 is 1.81 bits per heavy atom. The average Bonchev–Trinajstić information content (AvgIpc) is 2.79. The van der Waals surface area contributed by atoms with Crippen LogP contribution in [0.15, 0.2) is 82.7 Å². The first-order chi connectivity index (χ1) is 15.4. The molecule has 3 aromatic carbocycles. The lowest BCUT2D eigenvalue weighted by molar-refractivity contribution is -0.383. The normalized spacial score (nSPS) is 10.8. The lowest BCUT2D eigenvalue weighted by Crippen LogP contribution is -2.23. The van der Waals surface area contributed by atoms with Crippen LogP contribution in [0.5, 0.6) is 0 Å². The molecule has 0 saturated heterocycles. The van der Waals surface area contributed by atoms with Crippen LogP contribution in [0.25, 0.3) is 16.6 Å². The minimum atomic E-state index is -0.618. The van der Waals surface area contributed by atoms with Gasteiger partial charge in [0, 0.05) is 11.1 Å². The molecule has 160 valence electrons. The molecule has 0 aliphatic carbocycles. The number of anilines is 1. The van der Waals surface area contributed by atoms with Crippen molar-refractivity contribution < 1.29 is 9.72 Å². The highest BCUT2D eigenvalue weighted by Crippen LogP contribution is 2.28. The number of hydrogen-bond acceptors (Lipinski definition) is 6. The number of benzene rings is 3. The maximum atomic E-state index is 13.2. The van der Waals surface area contributed by atoms with Crippen LogP contribution in [0.1, 0.15) is 0 Å². The minimum absolute atomic E-state index is 0.0388. The number of carbonyl (C=O) groups is 1. The van der Waals surface area contributed by atoms with Gasteiger partial charge in [-0.15, -0.1) is 0 Å². The molecule has 0 radical (unpaired) electrons. The number of nitro benzene ring substituents is 1. The highest BCUT2D eigenvalue weighted by Gasteiger charge is 2.18. The molecule has 0 aliphatic heterocycles. The van der Waals surface area contributed by atoms with Crippen LogP contribution in [0.3, 0.4) is 0 Å². The van der Waals surface area contributed by atoms with Crippen molar-refractivity contribution >= 4 is 51.5 Å². The second kappa shape index (κ2) is 9.21. The number of hydrogen-bond donors (Lipinski definition) is 1. The van der Waals surface area contributed by atoms with E-state index in [0.29, 0.717) is 21.7 Å². The predicted octanol–water partition coefficient (Wildman–Crippen LogP) is 4.68. The number of fused-ring (bicyclic) bond motifs is 1. The van der Waals surface area contributed by atoms with Gasteiger partial charge >= 0.3 is 0 Å². The fourth-order valence-corrected chi connectivity index (χ4v) is 4.07. The summed E-state index contributed by atoms with van der Waals surface area (Å²) in [5, 5.41) is 14.8. The van der Waals surface area contributed by atoms with Crippen LogP contribution >= 0.6 is 23.4 Å². The first-order valence-electron chi connectivity index (χ1n) is 9.38. The minimum Gasteiger partial charge on any atom is -0.320 e. The summed E-state index contributed by atoms with van der Waals surface area (Å²) in [6.07, 6.45) is 0. The van der Waals surface area contributed by atoms with E-state index in [4.69, 9.17) is 11.6 Å². The van der Waals surface area contributed by atoms with Gasteiger partial charge in [0.2, 0.25) is 5.91 Å². The second-order valence-electron chi connectivity index (χ2n) is 6.64. The van der Waals surface area contributed by atoms with Gasteiger partial charge in [-0.1, -0.05) is 53.7 Å². The Hall–Kier alpha value is -3.69. The number of nitrogens with zero attached hydrogens (tertiary/aromatic N) is 3. The van der Waals surface area contributed by atoms with Gasteiger partial charge in [0.25, 0.3) is 11.2 Å². The van der Waals surface area contributed by atoms with Gasteiger partial charge in [0.15, 0.2) is 5.16 Å². The van der Waals surface area contributed by atoms with Gasteiger partial charge in [-0.05, 0) is 36.4 Å². The molecule has 0 spiro atoms. The number of rotatable bonds is 6. The van der Waals surface area contributed by atoms with Crippen molar-refractivity contribution in [1.82, 2.24) is 9.55 Å². The Morgan fingerprint density at radius 1 is 1.09 bits per heavy atom. The Kier molecular flexibility index (Phi) is 6.20. The maximum Gasteiger partial charge on any atom is 0.294 e. The van der Waals surface area contributed by atoms with Gasteiger partial charge in [-0.2, -0.15) is 0 Å². The van der Waals surface area contributed by atoms with Gasteiger partial charge in [-0.3, -0.25) is 24.3 Å². The van der Waals surface area contributed by atoms with E-state index in [1.54, 1.807) is 48.5 Å². The molecule has 1 heterocycles. The molecule has 0 atom stereocenters. The lowest BCUT2D eigenvalue weighted by Gasteiger charge is -2.13. The average molecular weight is 467 g/mol. The van der Waals surface area contributed by atoms with E-state index in [2.05, 4.69) is 10.3 Å². The van der Waals surface area contributed by atoms with Crippen molar-refractivity contribution in [2.24, 2.45) is 0 Å². The molecular formula is C22H15ClN4O4S. The fraction of sp³-hybridized carbons (Fsp3) is 0.0455. The van der Waals surface area contributed by atoms with E-state index in [0.717, 1.165) is 11.8 Å². The third-order valence-electron chi connectivity index (χ3n) is 4.52. The summed E-state index contributed by atoms with van der Waals surface area (Å²) in [6.45, 7) is 0. The molecule has 1 aromatic heterocycles. The highest BCUT2D eigenvalue weighted by atomic mass is 35.5. The Balaban J connectivity index is 1.64. The van der Waals surface area contributed by atoms with Crippen LogP contribution in [0.2, 0.25) is 5.02 Å². The molecule has 8 nitrogen and oxygen atoms in total. The third-order valence-corrected chi connectivity index (χ3v) is 5.70. The zero-order valence-electron chi connectivity index (χ0n) is 16.4. The second-order valence-corrected chi connectivity index (χ2v) is 8.02. The summed E-state index contributed by atoms with van der Waals surface area (Å²) >= 11 is 6.87.